The van der Waals surface area contributed by atoms with Crippen molar-refractivity contribution in [2.24, 2.45) is 0 Å². The number of carbonyl (C=O) groups is 1. The first-order chi connectivity index (χ1) is 7.97. The minimum absolute atomic E-state index is 0.00424. The molecule has 0 unspecified atom stereocenters. The van der Waals surface area contributed by atoms with E-state index in [9.17, 15) is 4.79 Å². The fourth-order valence-electron chi connectivity index (χ4n) is 1.90. The van der Waals surface area contributed by atoms with Gasteiger partial charge < -0.3 is 14.6 Å². The zero-order valence-corrected chi connectivity index (χ0v) is 11.0. The summed E-state index contributed by atoms with van der Waals surface area (Å²) in [6.07, 6.45) is 0. The molecule has 0 aliphatic carbocycles. The molecule has 1 N–H and O–H groups in total. The number of amides is 1. The summed E-state index contributed by atoms with van der Waals surface area (Å²) in [7, 11) is 1.61. The Balaban J connectivity index is 2.70. The molecule has 1 rings (SSSR count). The summed E-state index contributed by atoms with van der Waals surface area (Å²) >= 11 is 0. The largest absolute Gasteiger partial charge is 0.383 e. The number of nitrogens with one attached hydrogen (secondary N) is 1. The van der Waals surface area contributed by atoms with Crippen LogP contribution in [-0.4, -0.2) is 30.8 Å². The smallest absolute Gasteiger partial charge is 0.227 e. The van der Waals surface area contributed by atoms with Gasteiger partial charge in [0.1, 0.15) is 5.76 Å². The third-order valence-electron chi connectivity index (χ3n) is 2.72. The highest BCUT2D eigenvalue weighted by Crippen LogP contribution is 2.23. The van der Waals surface area contributed by atoms with Crippen LogP contribution in [0.2, 0.25) is 0 Å². The van der Waals surface area contributed by atoms with Crippen molar-refractivity contribution in [3.8, 4) is 0 Å². The van der Waals surface area contributed by atoms with Crippen LogP contribution < -0.4 is 5.32 Å². The Morgan fingerprint density at radius 1 is 1.47 bits per heavy atom. The lowest BCUT2D eigenvalue weighted by Crippen LogP contribution is -2.38. The topological polar surface area (TPSA) is 64.4 Å². The van der Waals surface area contributed by atoms with E-state index in [1.807, 2.05) is 27.7 Å². The van der Waals surface area contributed by atoms with Gasteiger partial charge in [-0.3, -0.25) is 4.79 Å². The van der Waals surface area contributed by atoms with Gasteiger partial charge in [-0.2, -0.15) is 0 Å². The number of nitrogens with zero attached hydrogens (tertiary/aromatic N) is 1. The number of hydrogen-bond acceptors (Lipinski definition) is 4. The number of hydrogen-bond donors (Lipinski definition) is 1. The number of carbonyl (C=O) groups excluding carboxylic acids is 1. The number of methoxy groups -OCH3 is 1. The molecular weight excluding hydrogens is 220 g/mol. The van der Waals surface area contributed by atoms with Gasteiger partial charge in [0.15, 0.2) is 0 Å². The van der Waals surface area contributed by atoms with Gasteiger partial charge in [0, 0.05) is 18.7 Å². The van der Waals surface area contributed by atoms with Crippen LogP contribution in [0.3, 0.4) is 0 Å². The molecule has 1 aromatic rings. The molecule has 0 saturated heterocycles. The lowest BCUT2D eigenvalue weighted by Gasteiger charge is -2.16. The van der Waals surface area contributed by atoms with E-state index in [1.165, 1.54) is 0 Å². The first-order valence-electron chi connectivity index (χ1n) is 5.69. The summed E-state index contributed by atoms with van der Waals surface area (Å²) in [4.78, 5) is 12.0. The zero-order valence-electron chi connectivity index (χ0n) is 11.0. The van der Waals surface area contributed by atoms with Crippen molar-refractivity contribution in [2.75, 3.05) is 13.7 Å². The monoisotopic (exact) mass is 240 g/mol. The van der Waals surface area contributed by atoms with Crippen LogP contribution in [0.15, 0.2) is 4.52 Å². The molecule has 5 nitrogen and oxygen atoms in total. The highest BCUT2D eigenvalue weighted by atomic mass is 16.5. The van der Waals surface area contributed by atoms with Crippen LogP contribution in [0, 0.1) is 13.8 Å². The predicted octanol–water partition coefficient (Wildman–Crippen LogP) is 1.55. The minimum atomic E-state index is -0.263. The average molecular weight is 240 g/mol. The van der Waals surface area contributed by atoms with E-state index < -0.39 is 0 Å². The molecule has 17 heavy (non-hydrogen) atoms. The molecule has 0 saturated carbocycles. The Morgan fingerprint density at radius 2 is 2.12 bits per heavy atom. The molecule has 0 aliphatic heterocycles. The molecule has 1 heterocycles. The fourth-order valence-corrected chi connectivity index (χ4v) is 1.90. The second-order valence-electron chi connectivity index (χ2n) is 4.32. The lowest BCUT2D eigenvalue weighted by atomic mass is 9.98. The Kier molecular flexibility index (Phi) is 4.69. The quantitative estimate of drug-likeness (QED) is 0.848. The maximum atomic E-state index is 12.0. The Labute approximate surface area is 102 Å². The number of rotatable bonds is 5. The molecule has 0 aliphatic rings. The van der Waals surface area contributed by atoms with Gasteiger partial charge in [0.25, 0.3) is 0 Å². The molecule has 1 amide bonds. The van der Waals surface area contributed by atoms with Crippen molar-refractivity contribution in [3.63, 3.8) is 0 Å². The molecular formula is C12H20N2O3. The summed E-state index contributed by atoms with van der Waals surface area (Å²) in [5.41, 5.74) is 1.64. The van der Waals surface area contributed by atoms with E-state index in [2.05, 4.69) is 10.5 Å². The molecule has 0 radical (unpaired) electrons. The molecule has 2 atom stereocenters. The first-order valence-corrected chi connectivity index (χ1v) is 5.69. The lowest BCUT2D eigenvalue weighted by molar-refractivity contribution is -0.123. The Hall–Kier alpha value is -1.36. The summed E-state index contributed by atoms with van der Waals surface area (Å²) in [5, 5.41) is 6.75. The Bertz CT molecular complexity index is 368. The van der Waals surface area contributed by atoms with Gasteiger partial charge >= 0.3 is 0 Å². The maximum absolute atomic E-state index is 12.0. The van der Waals surface area contributed by atoms with Crippen molar-refractivity contribution in [1.29, 1.82) is 0 Å². The molecule has 0 bridgehead atoms. The third kappa shape index (κ3) is 3.30. The number of ether oxygens (including phenoxy) is 1. The van der Waals surface area contributed by atoms with E-state index in [0.29, 0.717) is 12.4 Å². The normalized spacial score (nSPS) is 14.4. The van der Waals surface area contributed by atoms with Crippen molar-refractivity contribution >= 4 is 5.91 Å². The van der Waals surface area contributed by atoms with E-state index in [0.717, 1.165) is 11.3 Å². The van der Waals surface area contributed by atoms with E-state index in [-0.39, 0.29) is 17.9 Å². The first kappa shape index (κ1) is 13.7. The zero-order chi connectivity index (χ0) is 13.0. The number of aryl methyl sites for hydroxylation is 2. The van der Waals surface area contributed by atoms with Crippen molar-refractivity contribution in [1.82, 2.24) is 10.5 Å². The molecule has 5 heteroatoms. The van der Waals surface area contributed by atoms with Gasteiger partial charge in [-0.1, -0.05) is 5.16 Å². The van der Waals surface area contributed by atoms with Crippen molar-refractivity contribution in [3.05, 3.63) is 17.0 Å². The van der Waals surface area contributed by atoms with Gasteiger partial charge in [-0.15, -0.1) is 0 Å². The second kappa shape index (κ2) is 5.82. The van der Waals surface area contributed by atoms with E-state index >= 15 is 0 Å². The molecule has 1 aromatic heterocycles. The highest BCUT2D eigenvalue weighted by molar-refractivity contribution is 5.83. The summed E-state index contributed by atoms with van der Waals surface area (Å²) in [5.74, 6) is 0.397. The van der Waals surface area contributed by atoms with Crippen LogP contribution in [0.25, 0.3) is 0 Å². The maximum Gasteiger partial charge on any atom is 0.227 e. The van der Waals surface area contributed by atoms with Crippen LogP contribution in [0.1, 0.15) is 36.8 Å². The number of aromatic nitrogens is 1. The molecule has 96 valence electrons. The average Bonchev–Trinajstić information content (AvgIpc) is 2.58. The third-order valence-corrected chi connectivity index (χ3v) is 2.72. The van der Waals surface area contributed by atoms with Crippen LogP contribution in [0.4, 0.5) is 0 Å². The van der Waals surface area contributed by atoms with Crippen LogP contribution in [0.5, 0.6) is 0 Å². The van der Waals surface area contributed by atoms with Gasteiger partial charge in [-0.25, -0.2) is 0 Å². The van der Waals surface area contributed by atoms with E-state index in [4.69, 9.17) is 9.26 Å². The van der Waals surface area contributed by atoms with Crippen molar-refractivity contribution in [2.45, 2.75) is 39.7 Å². The van der Waals surface area contributed by atoms with Gasteiger partial charge in [0.05, 0.1) is 18.2 Å². The molecule has 0 fully saturated rings. The molecule has 0 spiro atoms. The fraction of sp³-hybridized carbons (Fsp3) is 0.667. The standard InChI is InChI=1S/C12H20N2O3/c1-7(6-16-5)13-12(15)8(2)11-9(3)14-17-10(11)4/h7-8H,6H2,1-5H3,(H,13,15)/t7-,8-/m0/s1. The minimum Gasteiger partial charge on any atom is -0.383 e. The second-order valence-corrected chi connectivity index (χ2v) is 4.32. The van der Waals surface area contributed by atoms with Gasteiger partial charge in [-0.05, 0) is 27.7 Å². The van der Waals surface area contributed by atoms with E-state index in [1.54, 1.807) is 7.11 Å². The van der Waals surface area contributed by atoms with Crippen LogP contribution in [-0.2, 0) is 9.53 Å². The highest BCUT2D eigenvalue weighted by Gasteiger charge is 2.23. The van der Waals surface area contributed by atoms with Crippen LogP contribution >= 0.6 is 0 Å². The summed E-state index contributed by atoms with van der Waals surface area (Å²) in [6, 6.07) is -0.00424. The van der Waals surface area contributed by atoms with Crippen molar-refractivity contribution < 1.29 is 14.1 Å². The SMILES string of the molecule is COC[C@H](C)NC(=O)[C@@H](C)c1c(C)noc1C. The molecule has 0 aromatic carbocycles. The van der Waals surface area contributed by atoms with Gasteiger partial charge in [0.2, 0.25) is 5.91 Å². The summed E-state index contributed by atoms with van der Waals surface area (Å²) in [6.45, 7) is 7.91. The Morgan fingerprint density at radius 3 is 2.59 bits per heavy atom. The predicted molar refractivity (Wildman–Crippen MR) is 63.9 cm³/mol. The summed E-state index contributed by atoms with van der Waals surface area (Å²) < 4.78 is 10.0.